The topological polar surface area (TPSA) is 188 Å². The van der Waals surface area contributed by atoms with Crippen LogP contribution < -0.4 is 0 Å². The Morgan fingerprint density at radius 1 is 0.500 bits per heavy atom. The Balaban J connectivity index is 1.95. The van der Waals surface area contributed by atoms with Crippen molar-refractivity contribution in [3.05, 3.63) is 59.2 Å². The van der Waals surface area contributed by atoms with Gasteiger partial charge in [0, 0.05) is 52.4 Å². The van der Waals surface area contributed by atoms with Crippen molar-refractivity contribution in [2.24, 2.45) is 0 Å². The van der Waals surface area contributed by atoms with Gasteiger partial charge in [0.1, 0.15) is 0 Å². The van der Waals surface area contributed by atoms with Gasteiger partial charge in [0.05, 0.1) is 49.0 Å². The summed E-state index contributed by atoms with van der Waals surface area (Å²) in [5.74, 6) is -4.13. The van der Waals surface area contributed by atoms with Gasteiger partial charge in [0.25, 0.3) is 0 Å². The van der Waals surface area contributed by atoms with Crippen LogP contribution in [0.5, 0.6) is 0 Å². The summed E-state index contributed by atoms with van der Waals surface area (Å²) in [6.45, 7) is 0.698. The van der Waals surface area contributed by atoms with Crippen LogP contribution in [-0.4, -0.2) is 126 Å². The molecule has 0 saturated carbocycles. The molecule has 1 aliphatic rings. The number of carboxylic acid groups (broad SMARTS) is 4. The molecule has 0 aromatic carbocycles. The highest BCUT2D eigenvalue weighted by Crippen LogP contribution is 2.11. The smallest absolute Gasteiger partial charge is 0.317 e. The normalized spacial score (nSPS) is 17.0. The molecule has 14 heteroatoms. The van der Waals surface area contributed by atoms with E-state index in [2.05, 4.69) is 9.97 Å². The fourth-order valence-electron chi connectivity index (χ4n) is 4.51. The first-order chi connectivity index (χ1) is 19.0. The molecule has 0 saturated heterocycles. The zero-order chi connectivity index (χ0) is 29.1. The van der Waals surface area contributed by atoms with Gasteiger partial charge >= 0.3 is 23.9 Å². The molecule has 0 spiro atoms. The summed E-state index contributed by atoms with van der Waals surface area (Å²) in [4.78, 5) is 62.1. The average Bonchev–Trinajstić information content (AvgIpc) is 2.84. The summed E-state index contributed by atoms with van der Waals surface area (Å²) >= 11 is 0. The number of carbonyl (C=O) groups is 4. The van der Waals surface area contributed by atoms with E-state index in [1.54, 1.807) is 56.0 Å². The fraction of sp³-hybridized carbons (Fsp3) is 0.462. The van der Waals surface area contributed by atoms with Crippen LogP contribution in [0.25, 0.3) is 0 Å². The van der Waals surface area contributed by atoms with Crippen LogP contribution in [0.1, 0.15) is 22.8 Å². The van der Waals surface area contributed by atoms with E-state index in [1.807, 2.05) is 0 Å². The maximum absolute atomic E-state index is 11.6. The second kappa shape index (κ2) is 15.0. The molecule has 2 aromatic heterocycles. The van der Waals surface area contributed by atoms with Crippen LogP contribution in [0.2, 0.25) is 0 Å². The maximum atomic E-state index is 11.6. The van der Waals surface area contributed by atoms with E-state index in [9.17, 15) is 39.6 Å². The number of nitrogens with zero attached hydrogens (tertiary/aromatic N) is 6. The number of hydrogen-bond acceptors (Lipinski definition) is 10. The number of carboxylic acids is 4. The number of rotatable bonds is 8. The van der Waals surface area contributed by atoms with E-state index in [0.29, 0.717) is 22.8 Å². The zero-order valence-corrected chi connectivity index (χ0v) is 22.1. The molecule has 2 aromatic rings. The summed E-state index contributed by atoms with van der Waals surface area (Å²) in [5, 5.41) is 37.8. The van der Waals surface area contributed by atoms with E-state index < -0.39 is 23.9 Å². The van der Waals surface area contributed by atoms with Crippen LogP contribution in [-0.2, 0) is 45.4 Å². The molecule has 1 aliphatic heterocycles. The standard InChI is InChI=1S/C26H34N6O8/c33-23(34)15-29-7-9-31(17-25(37)38)13-21-5-2-6-22(28-21)14-32(18-26(39)40)10-8-30(16-24(35)36)12-20-4-1-3-19(11-29)27-20/h1-6H,7-18H2,(H,33,34)(H,35,36)(H,37,38)(H,39,40). The van der Waals surface area contributed by atoms with E-state index in [1.165, 1.54) is 0 Å². The molecule has 3 rings (SSSR count). The van der Waals surface area contributed by atoms with Crippen LogP contribution in [0.3, 0.4) is 0 Å². The Bertz CT molecular complexity index is 1020. The fourth-order valence-corrected chi connectivity index (χ4v) is 4.51. The Morgan fingerprint density at radius 3 is 0.925 bits per heavy atom. The van der Waals surface area contributed by atoms with Crippen molar-refractivity contribution in [3.63, 3.8) is 0 Å². The van der Waals surface area contributed by atoms with Gasteiger partial charge in [0.2, 0.25) is 0 Å². The van der Waals surface area contributed by atoms with Crippen LogP contribution in [0, 0.1) is 0 Å². The summed E-state index contributed by atoms with van der Waals surface area (Å²) in [5.41, 5.74) is 2.34. The van der Waals surface area contributed by atoms with Crippen LogP contribution >= 0.6 is 0 Å². The number of fused-ring (bicyclic) bond motifs is 4. The van der Waals surface area contributed by atoms with Crippen molar-refractivity contribution < 1.29 is 39.6 Å². The van der Waals surface area contributed by atoms with Crippen molar-refractivity contribution in [2.45, 2.75) is 26.2 Å². The molecule has 0 atom stereocenters. The van der Waals surface area contributed by atoms with Crippen molar-refractivity contribution >= 4 is 23.9 Å². The minimum atomic E-state index is -1.03. The highest BCUT2D eigenvalue weighted by molar-refractivity contribution is 5.70. The SMILES string of the molecule is O=C(O)CN1CCN(CC(=O)O)Cc2cccc(n2)CN(CC(=O)O)CCN(CC(=O)O)Cc2cccc(n2)C1. The number of aromatic nitrogens is 2. The molecular weight excluding hydrogens is 524 g/mol. The van der Waals surface area contributed by atoms with E-state index in [0.717, 1.165) is 0 Å². The second-order valence-electron chi connectivity index (χ2n) is 9.66. The zero-order valence-electron chi connectivity index (χ0n) is 22.1. The quantitative estimate of drug-likeness (QED) is 0.332. The molecule has 0 unspecified atom stereocenters. The molecule has 3 heterocycles. The predicted molar refractivity (Wildman–Crippen MR) is 140 cm³/mol. The van der Waals surface area contributed by atoms with Gasteiger partial charge in [-0.3, -0.25) is 48.7 Å². The lowest BCUT2D eigenvalue weighted by atomic mass is 10.2. The van der Waals surface area contributed by atoms with Crippen molar-refractivity contribution in [1.29, 1.82) is 0 Å². The monoisotopic (exact) mass is 558 g/mol. The lowest BCUT2D eigenvalue weighted by molar-refractivity contribution is -0.140. The van der Waals surface area contributed by atoms with Gasteiger partial charge in [-0.05, 0) is 24.3 Å². The first-order valence-electron chi connectivity index (χ1n) is 12.7. The minimum Gasteiger partial charge on any atom is -0.480 e. The Labute approximate surface area is 231 Å². The molecule has 4 bridgehead atoms. The third-order valence-electron chi connectivity index (χ3n) is 6.17. The maximum Gasteiger partial charge on any atom is 0.317 e. The first-order valence-corrected chi connectivity index (χ1v) is 12.7. The third-order valence-corrected chi connectivity index (χ3v) is 6.17. The van der Waals surface area contributed by atoms with Crippen LogP contribution in [0.4, 0.5) is 0 Å². The van der Waals surface area contributed by atoms with E-state index >= 15 is 0 Å². The van der Waals surface area contributed by atoms with E-state index in [4.69, 9.17) is 0 Å². The second-order valence-corrected chi connectivity index (χ2v) is 9.66. The Hall–Kier alpha value is -3.98. The molecule has 216 valence electrons. The minimum absolute atomic E-state index is 0.195. The summed E-state index contributed by atoms with van der Waals surface area (Å²) in [7, 11) is 0. The number of aliphatic carboxylic acids is 4. The number of hydrogen-bond donors (Lipinski definition) is 4. The lowest BCUT2D eigenvalue weighted by Crippen LogP contribution is -2.40. The van der Waals surface area contributed by atoms with Gasteiger partial charge in [0.15, 0.2) is 0 Å². The van der Waals surface area contributed by atoms with Gasteiger partial charge in [-0.1, -0.05) is 12.1 Å². The van der Waals surface area contributed by atoms with Gasteiger partial charge in [-0.25, -0.2) is 0 Å². The molecule has 0 radical (unpaired) electrons. The van der Waals surface area contributed by atoms with Gasteiger partial charge < -0.3 is 20.4 Å². The first kappa shape index (κ1) is 30.6. The average molecular weight is 559 g/mol. The lowest BCUT2D eigenvalue weighted by Gasteiger charge is -2.27. The highest BCUT2D eigenvalue weighted by Gasteiger charge is 2.20. The van der Waals surface area contributed by atoms with E-state index in [-0.39, 0.29) is 78.5 Å². The third kappa shape index (κ3) is 11.0. The molecule has 0 fully saturated rings. The molecule has 0 aliphatic carbocycles. The summed E-state index contributed by atoms with van der Waals surface area (Å²) in [6.07, 6.45) is 0. The largest absolute Gasteiger partial charge is 0.480 e. The van der Waals surface area contributed by atoms with Crippen molar-refractivity contribution in [2.75, 3.05) is 52.4 Å². The molecule has 0 amide bonds. The summed E-state index contributed by atoms with van der Waals surface area (Å²) < 4.78 is 0. The highest BCUT2D eigenvalue weighted by atomic mass is 16.4. The molecular formula is C26H34N6O8. The van der Waals surface area contributed by atoms with Crippen molar-refractivity contribution in [1.82, 2.24) is 29.6 Å². The Morgan fingerprint density at radius 2 is 0.725 bits per heavy atom. The van der Waals surface area contributed by atoms with Crippen LogP contribution in [0.15, 0.2) is 36.4 Å². The number of pyridine rings is 2. The molecule has 4 N–H and O–H groups in total. The van der Waals surface area contributed by atoms with Gasteiger partial charge in [-0.15, -0.1) is 0 Å². The molecule has 40 heavy (non-hydrogen) atoms. The van der Waals surface area contributed by atoms with Crippen molar-refractivity contribution in [3.8, 4) is 0 Å². The summed E-state index contributed by atoms with van der Waals surface area (Å²) in [6, 6.07) is 10.5. The predicted octanol–water partition coefficient (Wildman–Crippen LogP) is -0.263. The van der Waals surface area contributed by atoms with Gasteiger partial charge in [-0.2, -0.15) is 0 Å². The Kier molecular flexibility index (Phi) is 11.4. The molecule has 14 nitrogen and oxygen atoms in total.